The average Bonchev–Trinajstić information content (AvgIpc) is 4.15. The third kappa shape index (κ3) is 5.47. The molecule has 6 heterocycles. The minimum Gasteiger partial charge on any atom is -0.456 e. The molecule has 65 heavy (non-hydrogen) atoms. The van der Waals surface area contributed by atoms with Gasteiger partial charge in [-0.25, -0.2) is 0 Å². The van der Waals surface area contributed by atoms with Crippen LogP contribution in [0.2, 0.25) is 0 Å². The Morgan fingerprint density at radius 3 is 1.54 bits per heavy atom. The minimum atomic E-state index is -3.32. The summed E-state index contributed by atoms with van der Waals surface area (Å²) in [5.41, 5.74) is 8.10. The first kappa shape index (κ1) is 36.8. The van der Waals surface area contributed by atoms with Crippen LogP contribution in [0.3, 0.4) is 0 Å². The van der Waals surface area contributed by atoms with Crippen molar-refractivity contribution in [3.05, 3.63) is 207 Å². The van der Waals surface area contributed by atoms with E-state index in [1.54, 1.807) is 0 Å². The van der Waals surface area contributed by atoms with E-state index >= 15 is 0 Å². The van der Waals surface area contributed by atoms with Crippen molar-refractivity contribution >= 4 is 136 Å². The van der Waals surface area contributed by atoms with Crippen molar-refractivity contribution < 1.29 is 8.83 Å². The Hall–Kier alpha value is -7.68. The first-order valence-corrected chi connectivity index (χ1v) is 25.4. The van der Waals surface area contributed by atoms with Crippen LogP contribution in [0.25, 0.3) is 106 Å². The van der Waals surface area contributed by atoms with Gasteiger partial charge in [0.2, 0.25) is 8.07 Å². The zero-order chi connectivity index (χ0) is 42.6. The maximum absolute atomic E-state index is 7.09. The normalized spacial score (nSPS) is 12.3. The molecule has 0 bridgehead atoms. The molecule has 6 aromatic heterocycles. The Labute approximate surface area is 381 Å². The Bertz CT molecular complexity index is 3930. The number of para-hydroxylation sites is 1. The Morgan fingerprint density at radius 2 is 0.831 bits per heavy atom. The second-order valence-corrected chi connectivity index (χ2v) is 22.5. The predicted octanol–water partition coefficient (Wildman–Crippen LogP) is 13.7. The Kier molecular flexibility index (Phi) is 8.01. The molecule has 0 unspecified atom stereocenters. The summed E-state index contributed by atoms with van der Waals surface area (Å²) in [6, 6.07) is 70.0. The van der Waals surface area contributed by atoms with E-state index in [9.17, 15) is 0 Å². The molecule has 0 fully saturated rings. The highest BCUT2D eigenvalue weighted by atomic mass is 32.1. The molecular weight excluding hydrogens is 849 g/mol. The van der Waals surface area contributed by atoms with Crippen molar-refractivity contribution in [2.24, 2.45) is 0 Å². The molecule has 4 nitrogen and oxygen atoms in total. The molecule has 0 atom stereocenters. The van der Waals surface area contributed by atoms with Gasteiger partial charge in [0, 0.05) is 69.6 Å². The van der Waals surface area contributed by atoms with Crippen LogP contribution in [-0.4, -0.2) is 18.0 Å². The first-order chi connectivity index (χ1) is 32.2. The molecule has 14 rings (SSSR count). The number of pyridine rings is 2. The van der Waals surface area contributed by atoms with E-state index in [1.807, 2.05) is 47.2 Å². The highest BCUT2D eigenvalue weighted by Gasteiger charge is 2.48. The topological polar surface area (TPSA) is 52.1 Å². The number of hydrogen-bond acceptors (Lipinski definition) is 6. The van der Waals surface area contributed by atoms with Crippen LogP contribution in [0.4, 0.5) is 0 Å². The van der Waals surface area contributed by atoms with Crippen LogP contribution < -0.4 is 21.0 Å². The van der Waals surface area contributed by atoms with E-state index < -0.39 is 8.07 Å². The molecule has 304 valence electrons. The van der Waals surface area contributed by atoms with Crippen LogP contribution in [0, 0.1) is 0 Å². The summed E-state index contributed by atoms with van der Waals surface area (Å²) < 4.78 is 18.3. The lowest BCUT2D eigenvalue weighted by Crippen LogP contribution is -2.76. The average molecular weight is 883 g/mol. The molecule has 0 saturated carbocycles. The number of benzene rings is 8. The SMILES string of the molecule is c1ccc([Si](c2ccccc2)(c2nccc3c2oc2ccc(-c4ccc5sc6ccccc6c5c4)cc23)c2nccc3c2sc2ccc(-c4ccc5oc6ccccc6c5c4)cc23)cc1. The van der Waals surface area contributed by atoms with Gasteiger partial charge in [-0.2, -0.15) is 0 Å². The van der Waals surface area contributed by atoms with E-state index in [2.05, 4.69) is 182 Å². The predicted molar refractivity (Wildman–Crippen MR) is 277 cm³/mol. The number of rotatable bonds is 6. The largest absolute Gasteiger partial charge is 0.456 e. The van der Waals surface area contributed by atoms with Gasteiger partial charge in [-0.15, -0.1) is 22.7 Å². The van der Waals surface area contributed by atoms with Gasteiger partial charge in [-0.05, 0) is 105 Å². The second kappa shape index (κ2) is 14.2. The van der Waals surface area contributed by atoms with Crippen LogP contribution in [0.15, 0.2) is 215 Å². The monoisotopic (exact) mass is 882 g/mol. The molecule has 0 aliphatic rings. The van der Waals surface area contributed by atoms with Gasteiger partial charge in [0.1, 0.15) is 16.7 Å². The minimum absolute atomic E-state index is 0.808. The number of nitrogens with zero attached hydrogens (tertiary/aromatic N) is 2. The molecule has 8 aromatic carbocycles. The third-order valence-electron chi connectivity index (χ3n) is 13.3. The molecule has 0 spiro atoms. The van der Waals surface area contributed by atoms with Crippen molar-refractivity contribution in [2.75, 3.05) is 0 Å². The fourth-order valence-corrected chi connectivity index (χ4v) is 17.7. The van der Waals surface area contributed by atoms with Gasteiger partial charge in [-0.1, -0.05) is 121 Å². The van der Waals surface area contributed by atoms with Crippen molar-refractivity contribution in [3.63, 3.8) is 0 Å². The zero-order valence-corrected chi connectivity index (χ0v) is 37.3. The van der Waals surface area contributed by atoms with Crippen LogP contribution in [0.5, 0.6) is 0 Å². The van der Waals surface area contributed by atoms with Crippen LogP contribution >= 0.6 is 22.7 Å². The van der Waals surface area contributed by atoms with Gasteiger partial charge in [0.25, 0.3) is 0 Å². The summed E-state index contributed by atoms with van der Waals surface area (Å²) in [5.74, 6) is 0. The smallest absolute Gasteiger partial charge is 0.230 e. The fourth-order valence-electron chi connectivity index (χ4n) is 10.3. The van der Waals surface area contributed by atoms with E-state index in [1.165, 1.54) is 56.3 Å². The summed E-state index contributed by atoms with van der Waals surface area (Å²) in [6.07, 6.45) is 3.99. The van der Waals surface area contributed by atoms with Crippen LogP contribution in [0.1, 0.15) is 0 Å². The molecular formula is C58H34N2O2S2Si. The summed E-state index contributed by atoms with van der Waals surface area (Å²) in [6.45, 7) is 0. The molecule has 0 N–H and O–H groups in total. The summed E-state index contributed by atoms with van der Waals surface area (Å²) >= 11 is 3.67. The first-order valence-electron chi connectivity index (χ1n) is 21.8. The summed E-state index contributed by atoms with van der Waals surface area (Å²) in [7, 11) is -3.32. The van der Waals surface area contributed by atoms with Crippen molar-refractivity contribution in [3.8, 4) is 22.3 Å². The highest BCUT2D eigenvalue weighted by molar-refractivity contribution is 7.30. The molecule has 0 radical (unpaired) electrons. The zero-order valence-electron chi connectivity index (χ0n) is 34.7. The summed E-state index contributed by atoms with van der Waals surface area (Å²) in [5, 5.41) is 13.7. The van der Waals surface area contributed by atoms with Crippen molar-refractivity contribution in [1.82, 2.24) is 9.97 Å². The lowest BCUT2D eigenvalue weighted by Gasteiger charge is -2.32. The van der Waals surface area contributed by atoms with Crippen molar-refractivity contribution in [1.29, 1.82) is 0 Å². The number of furan rings is 2. The lowest BCUT2D eigenvalue weighted by molar-refractivity contribution is 0.669. The number of hydrogen-bond donors (Lipinski definition) is 0. The van der Waals surface area contributed by atoms with Gasteiger partial charge in [-0.3, -0.25) is 9.97 Å². The number of aromatic nitrogens is 2. The molecule has 0 amide bonds. The third-order valence-corrected chi connectivity index (χ3v) is 20.4. The quantitative estimate of drug-likeness (QED) is 0.156. The van der Waals surface area contributed by atoms with Gasteiger partial charge >= 0.3 is 0 Å². The van der Waals surface area contributed by atoms with E-state index in [-0.39, 0.29) is 0 Å². The van der Waals surface area contributed by atoms with E-state index in [4.69, 9.17) is 18.8 Å². The lowest BCUT2D eigenvalue weighted by atomic mass is 10.0. The Morgan fingerprint density at radius 1 is 0.338 bits per heavy atom. The molecule has 14 aromatic rings. The molecule has 7 heteroatoms. The van der Waals surface area contributed by atoms with Gasteiger partial charge in [0.15, 0.2) is 5.58 Å². The maximum atomic E-state index is 7.09. The van der Waals surface area contributed by atoms with Crippen molar-refractivity contribution in [2.45, 2.75) is 0 Å². The molecule has 0 aliphatic carbocycles. The highest BCUT2D eigenvalue weighted by Crippen LogP contribution is 2.40. The summed E-state index contributed by atoms with van der Waals surface area (Å²) in [4.78, 5) is 10.9. The number of thiophene rings is 2. The molecule has 0 aliphatic heterocycles. The maximum Gasteiger partial charge on any atom is 0.230 e. The fraction of sp³-hybridized carbons (Fsp3) is 0. The second-order valence-electron chi connectivity index (χ2n) is 16.8. The van der Waals surface area contributed by atoms with E-state index in [0.29, 0.717) is 0 Å². The van der Waals surface area contributed by atoms with Crippen LogP contribution in [-0.2, 0) is 0 Å². The van der Waals surface area contributed by atoms with Gasteiger partial charge in [0.05, 0.1) is 15.3 Å². The standard InChI is InChI=1S/C58H34N2O2S2Si/c1-3-11-39(12-4-1)65(40-13-5-2-6-14-40,57-55-43(27-29-59-57)46-32-36(20-24-51(46)62-55)37-21-25-53-47(33-37)42-16-8-10-18-52(42)63-53)58-56-44(28-30-60-58)48-34-38(22-26-54(48)64-56)35-19-23-50-45(31-35)41-15-7-9-17-49(41)61-50/h1-34H. The number of fused-ring (bicyclic) bond motifs is 12. The Balaban J connectivity index is 0.993. The van der Waals surface area contributed by atoms with E-state index in [0.717, 1.165) is 71.2 Å². The van der Waals surface area contributed by atoms with Gasteiger partial charge < -0.3 is 8.83 Å². The molecule has 0 saturated heterocycles.